The quantitative estimate of drug-likeness (QED) is 0.653. The molecule has 0 aliphatic carbocycles. The molecule has 1 saturated heterocycles. The normalized spacial score (nSPS) is 15.4. The van der Waals surface area contributed by atoms with E-state index in [0.29, 0.717) is 29.9 Å². The van der Waals surface area contributed by atoms with Gasteiger partial charge in [0.1, 0.15) is 0 Å². The lowest BCUT2D eigenvalue weighted by molar-refractivity contribution is 0.102. The SMILES string of the molecule is Cc1ccc(NC(=O)c2cnn(-c3ccccc3)c2)cc1S(=O)(=O)N1CCCCCC1. The molecular formula is C23H26N4O3S. The molecule has 1 aromatic heterocycles. The predicted molar refractivity (Wildman–Crippen MR) is 120 cm³/mol. The van der Waals surface area contributed by atoms with Gasteiger partial charge in [0.2, 0.25) is 10.0 Å². The molecular weight excluding hydrogens is 412 g/mol. The second kappa shape index (κ2) is 9.03. The smallest absolute Gasteiger partial charge is 0.258 e. The number of amides is 1. The number of rotatable bonds is 5. The Bertz CT molecular complexity index is 1160. The molecule has 4 rings (SSSR count). The number of benzene rings is 2. The third-order valence-electron chi connectivity index (χ3n) is 5.49. The lowest BCUT2D eigenvalue weighted by atomic mass is 10.2. The summed E-state index contributed by atoms with van der Waals surface area (Å²) in [6.07, 6.45) is 6.99. The predicted octanol–water partition coefficient (Wildman–Crippen LogP) is 4.00. The van der Waals surface area contributed by atoms with Gasteiger partial charge in [0.15, 0.2) is 0 Å². The fraction of sp³-hybridized carbons (Fsp3) is 0.304. The standard InChI is InChI=1S/C23H26N4O3S/c1-18-11-12-20(15-22(18)31(29,30)26-13-7-2-3-8-14-26)25-23(28)19-16-24-27(17-19)21-9-5-4-6-10-21/h4-6,9-12,15-17H,2-3,7-8,13-14H2,1H3,(H,25,28). The summed E-state index contributed by atoms with van der Waals surface area (Å²) in [5.74, 6) is -0.343. The van der Waals surface area contributed by atoms with E-state index in [1.54, 1.807) is 40.3 Å². The fourth-order valence-electron chi connectivity index (χ4n) is 3.74. The summed E-state index contributed by atoms with van der Waals surface area (Å²) in [6, 6.07) is 14.5. The van der Waals surface area contributed by atoms with Gasteiger partial charge in [-0.1, -0.05) is 37.1 Å². The number of carbonyl (C=O) groups excluding carboxylic acids is 1. The Morgan fingerprint density at radius 1 is 1.00 bits per heavy atom. The molecule has 31 heavy (non-hydrogen) atoms. The lowest BCUT2D eigenvalue weighted by Crippen LogP contribution is -2.32. The van der Waals surface area contributed by atoms with Crippen molar-refractivity contribution in [3.63, 3.8) is 0 Å². The van der Waals surface area contributed by atoms with E-state index in [1.807, 2.05) is 30.3 Å². The highest BCUT2D eigenvalue weighted by Crippen LogP contribution is 2.26. The Kier molecular flexibility index (Phi) is 6.20. The van der Waals surface area contributed by atoms with Crippen LogP contribution in [0.4, 0.5) is 5.69 Å². The average molecular weight is 439 g/mol. The number of anilines is 1. The molecule has 8 heteroatoms. The van der Waals surface area contributed by atoms with Crippen LogP contribution in [0.25, 0.3) is 5.69 Å². The highest BCUT2D eigenvalue weighted by Gasteiger charge is 2.27. The molecule has 3 aromatic rings. The zero-order valence-electron chi connectivity index (χ0n) is 17.5. The molecule has 0 spiro atoms. The minimum absolute atomic E-state index is 0.243. The summed E-state index contributed by atoms with van der Waals surface area (Å²) < 4.78 is 29.6. The van der Waals surface area contributed by atoms with Crippen LogP contribution in [0.3, 0.4) is 0 Å². The number of hydrogen-bond acceptors (Lipinski definition) is 4. The molecule has 1 amide bonds. The molecule has 1 aliphatic rings. The van der Waals surface area contributed by atoms with E-state index in [4.69, 9.17) is 0 Å². The van der Waals surface area contributed by atoms with Crippen LogP contribution in [-0.4, -0.2) is 41.5 Å². The molecule has 0 atom stereocenters. The van der Waals surface area contributed by atoms with Crippen LogP contribution in [0.1, 0.15) is 41.6 Å². The Balaban J connectivity index is 1.55. The van der Waals surface area contributed by atoms with Crippen LogP contribution < -0.4 is 5.32 Å². The molecule has 1 fully saturated rings. The number of sulfonamides is 1. The third kappa shape index (κ3) is 4.70. The van der Waals surface area contributed by atoms with Gasteiger partial charge in [0.05, 0.1) is 22.3 Å². The van der Waals surface area contributed by atoms with Gasteiger partial charge >= 0.3 is 0 Å². The van der Waals surface area contributed by atoms with E-state index in [0.717, 1.165) is 31.4 Å². The van der Waals surface area contributed by atoms with Crippen LogP contribution in [0.15, 0.2) is 65.8 Å². The highest BCUT2D eigenvalue weighted by molar-refractivity contribution is 7.89. The van der Waals surface area contributed by atoms with Crippen molar-refractivity contribution in [2.24, 2.45) is 0 Å². The Hall–Kier alpha value is -2.97. The molecule has 0 unspecified atom stereocenters. The molecule has 1 aliphatic heterocycles. The van der Waals surface area contributed by atoms with Crippen molar-refractivity contribution in [3.05, 3.63) is 72.1 Å². The zero-order chi connectivity index (χ0) is 21.8. The lowest BCUT2D eigenvalue weighted by Gasteiger charge is -2.21. The third-order valence-corrected chi connectivity index (χ3v) is 7.54. The number of nitrogens with one attached hydrogen (secondary N) is 1. The summed E-state index contributed by atoms with van der Waals surface area (Å²) in [4.78, 5) is 13.0. The van der Waals surface area contributed by atoms with Crippen molar-refractivity contribution in [2.75, 3.05) is 18.4 Å². The number of nitrogens with zero attached hydrogens (tertiary/aromatic N) is 3. The molecule has 162 valence electrons. The first-order valence-electron chi connectivity index (χ1n) is 10.5. The number of carbonyl (C=O) groups is 1. The topological polar surface area (TPSA) is 84.3 Å². The van der Waals surface area contributed by atoms with Crippen LogP contribution >= 0.6 is 0 Å². The Morgan fingerprint density at radius 2 is 1.71 bits per heavy atom. The van der Waals surface area contributed by atoms with Crippen molar-refractivity contribution in [3.8, 4) is 5.69 Å². The molecule has 0 bridgehead atoms. The van der Waals surface area contributed by atoms with Gasteiger partial charge in [-0.15, -0.1) is 0 Å². The Morgan fingerprint density at radius 3 is 2.42 bits per heavy atom. The van der Waals surface area contributed by atoms with E-state index in [1.165, 1.54) is 6.20 Å². The van der Waals surface area contributed by atoms with Crippen LogP contribution in [0, 0.1) is 6.92 Å². The largest absolute Gasteiger partial charge is 0.322 e. The van der Waals surface area contributed by atoms with Gasteiger partial charge in [0, 0.05) is 25.0 Å². The fourth-order valence-corrected chi connectivity index (χ4v) is 5.51. The van der Waals surface area contributed by atoms with Crippen LogP contribution in [0.2, 0.25) is 0 Å². The summed E-state index contributed by atoms with van der Waals surface area (Å²) in [5.41, 5.74) is 2.35. The van der Waals surface area contributed by atoms with Gasteiger partial charge in [0.25, 0.3) is 5.91 Å². The molecule has 1 N–H and O–H groups in total. The van der Waals surface area contributed by atoms with Crippen LogP contribution in [0.5, 0.6) is 0 Å². The first kappa shape index (κ1) is 21.3. The maximum atomic E-state index is 13.2. The van der Waals surface area contributed by atoms with Crippen molar-refractivity contribution in [1.82, 2.24) is 14.1 Å². The summed E-state index contributed by atoms with van der Waals surface area (Å²) >= 11 is 0. The first-order valence-corrected chi connectivity index (χ1v) is 11.9. The molecule has 2 heterocycles. The minimum atomic E-state index is -3.61. The van der Waals surface area contributed by atoms with E-state index < -0.39 is 10.0 Å². The van der Waals surface area contributed by atoms with Crippen molar-refractivity contribution >= 4 is 21.6 Å². The van der Waals surface area contributed by atoms with Gasteiger partial charge in [-0.05, 0) is 49.6 Å². The average Bonchev–Trinajstić information content (AvgIpc) is 3.10. The van der Waals surface area contributed by atoms with Crippen molar-refractivity contribution < 1.29 is 13.2 Å². The maximum absolute atomic E-state index is 13.2. The number of para-hydroxylation sites is 1. The van der Waals surface area contributed by atoms with Gasteiger partial charge in [-0.3, -0.25) is 4.79 Å². The van der Waals surface area contributed by atoms with Gasteiger partial charge in [-0.25, -0.2) is 13.1 Å². The number of aromatic nitrogens is 2. The maximum Gasteiger partial charge on any atom is 0.258 e. The molecule has 0 radical (unpaired) electrons. The van der Waals surface area contributed by atoms with Gasteiger partial charge < -0.3 is 5.32 Å². The summed E-state index contributed by atoms with van der Waals surface area (Å²) in [5, 5.41) is 7.05. The van der Waals surface area contributed by atoms with E-state index >= 15 is 0 Å². The number of hydrogen-bond donors (Lipinski definition) is 1. The highest BCUT2D eigenvalue weighted by atomic mass is 32.2. The molecule has 0 saturated carbocycles. The van der Waals surface area contributed by atoms with Crippen molar-refractivity contribution in [2.45, 2.75) is 37.5 Å². The molecule has 2 aromatic carbocycles. The van der Waals surface area contributed by atoms with E-state index in [-0.39, 0.29) is 10.8 Å². The second-order valence-corrected chi connectivity index (χ2v) is 9.67. The van der Waals surface area contributed by atoms with Crippen LogP contribution in [-0.2, 0) is 10.0 Å². The summed E-state index contributed by atoms with van der Waals surface area (Å²) in [6.45, 7) is 2.86. The zero-order valence-corrected chi connectivity index (χ0v) is 18.3. The number of aryl methyl sites for hydroxylation is 1. The van der Waals surface area contributed by atoms with Gasteiger partial charge in [-0.2, -0.15) is 9.40 Å². The van der Waals surface area contributed by atoms with Crippen molar-refractivity contribution in [1.29, 1.82) is 0 Å². The Labute approximate surface area is 182 Å². The van der Waals surface area contributed by atoms with E-state index in [2.05, 4.69) is 10.4 Å². The molecule has 7 nitrogen and oxygen atoms in total. The summed E-state index contributed by atoms with van der Waals surface area (Å²) in [7, 11) is -3.61. The van der Waals surface area contributed by atoms with E-state index in [9.17, 15) is 13.2 Å². The second-order valence-electron chi connectivity index (χ2n) is 7.76. The minimum Gasteiger partial charge on any atom is -0.322 e. The first-order chi connectivity index (χ1) is 14.9. The monoisotopic (exact) mass is 438 g/mol.